The van der Waals surface area contributed by atoms with E-state index in [1.807, 2.05) is 36.4 Å². The van der Waals surface area contributed by atoms with E-state index in [9.17, 15) is 19.5 Å². The maximum absolute atomic E-state index is 12.9. The molecule has 0 saturated heterocycles. The summed E-state index contributed by atoms with van der Waals surface area (Å²) in [6.45, 7) is 5.47. The van der Waals surface area contributed by atoms with E-state index >= 15 is 0 Å². The van der Waals surface area contributed by atoms with Gasteiger partial charge in [-0.1, -0.05) is 60.7 Å². The molecule has 7 heteroatoms. The van der Waals surface area contributed by atoms with Gasteiger partial charge in [0.15, 0.2) is 0 Å². The van der Waals surface area contributed by atoms with Crippen LogP contribution in [-0.4, -0.2) is 53.3 Å². The lowest BCUT2D eigenvalue weighted by molar-refractivity contribution is -0.142. The van der Waals surface area contributed by atoms with Gasteiger partial charge in [0, 0.05) is 19.4 Å². The van der Waals surface area contributed by atoms with E-state index < -0.39 is 29.7 Å². The van der Waals surface area contributed by atoms with E-state index in [0.29, 0.717) is 11.1 Å². The van der Waals surface area contributed by atoms with Gasteiger partial charge in [-0.3, -0.25) is 4.90 Å². The van der Waals surface area contributed by atoms with Crippen LogP contribution in [0.2, 0.25) is 0 Å². The molecule has 1 unspecified atom stereocenters. The Bertz CT molecular complexity index is 1260. The first-order chi connectivity index (χ1) is 17.5. The fourth-order valence-electron chi connectivity index (χ4n) is 4.55. The summed E-state index contributed by atoms with van der Waals surface area (Å²) < 4.78 is 11.0. The van der Waals surface area contributed by atoms with Crippen LogP contribution < -0.4 is 0 Å². The highest BCUT2D eigenvalue weighted by atomic mass is 16.6. The van der Waals surface area contributed by atoms with Crippen LogP contribution >= 0.6 is 0 Å². The van der Waals surface area contributed by atoms with Crippen LogP contribution in [0.15, 0.2) is 72.8 Å². The molecular formula is C30H31NO6. The first-order valence-corrected chi connectivity index (χ1v) is 12.2. The molecule has 37 heavy (non-hydrogen) atoms. The molecule has 3 aromatic carbocycles. The molecule has 0 radical (unpaired) electrons. The minimum Gasteiger partial charge on any atom is -0.480 e. The molecule has 1 aliphatic rings. The van der Waals surface area contributed by atoms with E-state index in [-0.39, 0.29) is 18.9 Å². The van der Waals surface area contributed by atoms with Crippen molar-refractivity contribution in [2.24, 2.45) is 0 Å². The molecule has 0 aliphatic heterocycles. The fourth-order valence-corrected chi connectivity index (χ4v) is 4.55. The molecule has 0 spiro atoms. The second-order valence-electron chi connectivity index (χ2n) is 10.2. The fraction of sp³-hybridized carbons (Fsp3) is 0.300. The van der Waals surface area contributed by atoms with Crippen LogP contribution in [0, 0.1) is 0 Å². The van der Waals surface area contributed by atoms with Crippen LogP contribution in [0.3, 0.4) is 0 Å². The van der Waals surface area contributed by atoms with Crippen molar-refractivity contribution >= 4 is 18.0 Å². The molecule has 192 valence electrons. The SMILES string of the molecule is CN(C(=O)OCC1c2ccccc2-c2ccccc21)C(Cc1ccc(C(=O)OC(C)(C)C)cc1)C(=O)O. The number of hydrogen-bond donors (Lipinski definition) is 1. The predicted molar refractivity (Wildman–Crippen MR) is 140 cm³/mol. The molecule has 3 aromatic rings. The van der Waals surface area contributed by atoms with Crippen LogP contribution in [-0.2, 0) is 20.7 Å². The molecule has 1 N–H and O–H groups in total. The molecule has 1 amide bonds. The van der Waals surface area contributed by atoms with Crippen molar-refractivity contribution < 1.29 is 29.0 Å². The number of esters is 1. The number of likely N-dealkylation sites (N-methyl/N-ethyl adjacent to an activating group) is 1. The first kappa shape index (κ1) is 25.9. The molecule has 0 heterocycles. The third kappa shape index (κ3) is 5.82. The molecule has 0 bridgehead atoms. The van der Waals surface area contributed by atoms with Gasteiger partial charge in [0.2, 0.25) is 0 Å². The van der Waals surface area contributed by atoms with Crippen LogP contribution in [0.4, 0.5) is 4.79 Å². The van der Waals surface area contributed by atoms with Crippen molar-refractivity contribution in [2.45, 2.75) is 44.8 Å². The van der Waals surface area contributed by atoms with Crippen LogP contribution in [0.25, 0.3) is 11.1 Å². The Hall–Kier alpha value is -4.13. The molecule has 0 saturated carbocycles. The Kier molecular flexibility index (Phi) is 7.34. The van der Waals surface area contributed by atoms with Gasteiger partial charge in [0.05, 0.1) is 5.56 Å². The number of carboxylic acids is 1. The van der Waals surface area contributed by atoms with E-state index in [0.717, 1.165) is 27.2 Å². The van der Waals surface area contributed by atoms with Gasteiger partial charge in [-0.25, -0.2) is 14.4 Å². The monoisotopic (exact) mass is 501 g/mol. The molecule has 1 aliphatic carbocycles. The Morgan fingerprint density at radius 1 is 0.892 bits per heavy atom. The van der Waals surface area contributed by atoms with Crippen molar-refractivity contribution in [2.75, 3.05) is 13.7 Å². The number of nitrogens with zero attached hydrogens (tertiary/aromatic N) is 1. The highest BCUT2D eigenvalue weighted by Gasteiger charge is 2.32. The highest BCUT2D eigenvalue weighted by molar-refractivity contribution is 5.89. The zero-order chi connectivity index (χ0) is 26.7. The average Bonchev–Trinajstić information content (AvgIpc) is 3.18. The quantitative estimate of drug-likeness (QED) is 0.429. The summed E-state index contributed by atoms with van der Waals surface area (Å²) in [7, 11) is 1.42. The van der Waals surface area contributed by atoms with Gasteiger partial charge < -0.3 is 14.6 Å². The number of rotatable bonds is 7. The van der Waals surface area contributed by atoms with Crippen molar-refractivity contribution in [3.05, 3.63) is 95.1 Å². The Morgan fingerprint density at radius 3 is 1.95 bits per heavy atom. The molecule has 1 atom stereocenters. The van der Waals surface area contributed by atoms with Crippen molar-refractivity contribution in [1.82, 2.24) is 4.90 Å². The second-order valence-corrected chi connectivity index (χ2v) is 10.2. The number of fused-ring (bicyclic) bond motifs is 3. The zero-order valence-corrected chi connectivity index (χ0v) is 21.4. The third-order valence-electron chi connectivity index (χ3n) is 6.39. The molecule has 0 aromatic heterocycles. The van der Waals surface area contributed by atoms with Gasteiger partial charge in [-0.15, -0.1) is 0 Å². The number of carbonyl (C=O) groups is 3. The molecule has 7 nitrogen and oxygen atoms in total. The van der Waals surface area contributed by atoms with E-state index in [4.69, 9.17) is 9.47 Å². The molecule has 4 rings (SSSR count). The number of amides is 1. The normalized spacial score (nSPS) is 13.3. The summed E-state index contributed by atoms with van der Waals surface area (Å²) in [5.41, 5.74) is 4.82. The predicted octanol–water partition coefficient (Wildman–Crippen LogP) is 5.52. The van der Waals surface area contributed by atoms with Gasteiger partial charge in [0.25, 0.3) is 0 Å². The maximum Gasteiger partial charge on any atom is 0.410 e. The number of carboxylic acid groups (broad SMARTS) is 1. The number of benzene rings is 3. The van der Waals surface area contributed by atoms with Gasteiger partial charge in [-0.2, -0.15) is 0 Å². The van der Waals surface area contributed by atoms with Gasteiger partial charge in [0.1, 0.15) is 18.2 Å². The first-order valence-electron chi connectivity index (χ1n) is 12.2. The summed E-state index contributed by atoms with van der Waals surface area (Å²) >= 11 is 0. The minimum absolute atomic E-state index is 0.0601. The van der Waals surface area contributed by atoms with Crippen LogP contribution in [0.1, 0.15) is 53.7 Å². The lowest BCUT2D eigenvalue weighted by Crippen LogP contribution is -2.44. The third-order valence-corrected chi connectivity index (χ3v) is 6.39. The standard InChI is InChI=1S/C30H31NO6/c1-30(2,3)37-28(34)20-15-13-19(14-16-20)17-26(27(32)33)31(4)29(35)36-18-25-23-11-7-5-9-21(23)22-10-6-8-12-24(22)25/h5-16,25-26H,17-18H2,1-4H3,(H,32,33). The lowest BCUT2D eigenvalue weighted by Gasteiger charge is -2.25. The Labute approximate surface area is 216 Å². The van der Waals surface area contributed by atoms with E-state index in [1.165, 1.54) is 7.05 Å². The lowest BCUT2D eigenvalue weighted by atomic mass is 9.98. The molecule has 0 fully saturated rings. The minimum atomic E-state index is -1.15. The van der Waals surface area contributed by atoms with Crippen LogP contribution in [0.5, 0.6) is 0 Å². The second kappa shape index (κ2) is 10.5. The summed E-state index contributed by atoms with van der Waals surface area (Å²) in [6, 6.07) is 21.4. The topological polar surface area (TPSA) is 93.1 Å². The van der Waals surface area contributed by atoms with E-state index in [2.05, 4.69) is 12.1 Å². The van der Waals surface area contributed by atoms with Crippen molar-refractivity contribution in [1.29, 1.82) is 0 Å². The highest BCUT2D eigenvalue weighted by Crippen LogP contribution is 2.44. The number of carbonyl (C=O) groups excluding carboxylic acids is 2. The number of aliphatic carboxylic acids is 1. The van der Waals surface area contributed by atoms with Crippen molar-refractivity contribution in [3.8, 4) is 11.1 Å². The molecular weight excluding hydrogens is 470 g/mol. The number of ether oxygens (including phenoxy) is 2. The smallest absolute Gasteiger partial charge is 0.410 e. The zero-order valence-electron chi connectivity index (χ0n) is 21.4. The van der Waals surface area contributed by atoms with E-state index in [1.54, 1.807) is 45.0 Å². The van der Waals surface area contributed by atoms with Gasteiger partial charge >= 0.3 is 18.0 Å². The number of hydrogen-bond acceptors (Lipinski definition) is 5. The van der Waals surface area contributed by atoms with Gasteiger partial charge in [-0.05, 0) is 60.7 Å². The average molecular weight is 502 g/mol. The summed E-state index contributed by atoms with van der Waals surface area (Å²) in [6.07, 6.45) is -0.649. The summed E-state index contributed by atoms with van der Waals surface area (Å²) in [5, 5.41) is 9.84. The Balaban J connectivity index is 1.42. The van der Waals surface area contributed by atoms with Crippen molar-refractivity contribution in [3.63, 3.8) is 0 Å². The summed E-state index contributed by atoms with van der Waals surface area (Å²) in [4.78, 5) is 38.3. The summed E-state index contributed by atoms with van der Waals surface area (Å²) in [5.74, 6) is -1.72. The maximum atomic E-state index is 12.9. The largest absolute Gasteiger partial charge is 0.480 e. The Morgan fingerprint density at radius 2 is 1.43 bits per heavy atom.